The minimum atomic E-state index is -3.82. The highest BCUT2D eigenvalue weighted by Gasteiger charge is 2.33. The van der Waals surface area contributed by atoms with Crippen LogP contribution in [0.4, 0.5) is 0 Å². The molecular formula is C18H27ClN2O4S2. The van der Waals surface area contributed by atoms with Crippen molar-refractivity contribution < 1.29 is 16.8 Å². The van der Waals surface area contributed by atoms with Crippen molar-refractivity contribution in [3.05, 3.63) is 23.2 Å². The standard InChI is InChI=1S/C18H27ClN2O4S2/c1-14-5-9-20(10-6-14)26(22,23)16-3-4-17(19)18(13-16)27(24,25)21-11-7-15(2)8-12-21/h3-4,13-15H,5-12H2,1-2H3. The van der Waals surface area contributed by atoms with Gasteiger partial charge < -0.3 is 0 Å². The van der Waals surface area contributed by atoms with Crippen LogP contribution in [0.15, 0.2) is 28.0 Å². The second kappa shape index (κ2) is 7.99. The molecule has 1 aromatic rings. The van der Waals surface area contributed by atoms with E-state index in [4.69, 9.17) is 11.6 Å². The number of rotatable bonds is 4. The molecule has 0 amide bonds. The highest BCUT2D eigenvalue weighted by atomic mass is 35.5. The lowest BCUT2D eigenvalue weighted by atomic mass is 10.0. The molecule has 0 aromatic heterocycles. The zero-order valence-corrected chi connectivity index (χ0v) is 18.2. The topological polar surface area (TPSA) is 74.8 Å². The van der Waals surface area contributed by atoms with E-state index in [1.165, 1.54) is 26.8 Å². The van der Waals surface area contributed by atoms with Crippen molar-refractivity contribution in [2.75, 3.05) is 26.2 Å². The van der Waals surface area contributed by atoms with Crippen molar-refractivity contribution in [2.24, 2.45) is 11.8 Å². The summed E-state index contributed by atoms with van der Waals surface area (Å²) in [4.78, 5) is -0.129. The predicted octanol–water partition coefficient (Wildman–Crippen LogP) is 3.18. The molecule has 6 nitrogen and oxygen atoms in total. The minimum absolute atomic E-state index is 0.00888. The minimum Gasteiger partial charge on any atom is -0.207 e. The summed E-state index contributed by atoms with van der Waals surface area (Å²) in [5.74, 6) is 0.985. The highest BCUT2D eigenvalue weighted by molar-refractivity contribution is 7.90. The average molecular weight is 435 g/mol. The first-order valence-electron chi connectivity index (χ1n) is 9.42. The SMILES string of the molecule is CC1CCN(S(=O)(=O)c2ccc(Cl)c(S(=O)(=O)N3CCC(C)CC3)c2)CC1. The third kappa shape index (κ3) is 4.34. The van der Waals surface area contributed by atoms with Gasteiger partial charge in [-0.2, -0.15) is 8.61 Å². The molecule has 2 fully saturated rings. The summed E-state index contributed by atoms with van der Waals surface area (Å²) in [5, 5.41) is 0.0554. The molecule has 0 unspecified atom stereocenters. The smallest absolute Gasteiger partial charge is 0.207 e. The largest absolute Gasteiger partial charge is 0.244 e. The summed E-state index contributed by atoms with van der Waals surface area (Å²) in [6, 6.07) is 4.00. The van der Waals surface area contributed by atoms with E-state index in [0.29, 0.717) is 38.0 Å². The number of halogens is 1. The Labute approximate surface area is 167 Å². The Morgan fingerprint density at radius 1 is 0.815 bits per heavy atom. The molecule has 0 radical (unpaired) electrons. The molecule has 152 valence electrons. The van der Waals surface area contributed by atoms with Crippen LogP contribution in [0.5, 0.6) is 0 Å². The van der Waals surface area contributed by atoms with Crippen LogP contribution >= 0.6 is 11.6 Å². The first kappa shape index (κ1) is 21.0. The lowest BCUT2D eigenvalue weighted by molar-refractivity contribution is 0.287. The fourth-order valence-electron chi connectivity index (χ4n) is 3.58. The fourth-order valence-corrected chi connectivity index (χ4v) is 7.12. The van der Waals surface area contributed by atoms with Crippen LogP contribution in [0.25, 0.3) is 0 Å². The van der Waals surface area contributed by atoms with E-state index in [1.54, 1.807) is 0 Å². The highest BCUT2D eigenvalue weighted by Crippen LogP contribution is 2.32. The number of hydrogen-bond acceptors (Lipinski definition) is 4. The van der Waals surface area contributed by atoms with E-state index in [1.807, 2.05) is 0 Å². The Morgan fingerprint density at radius 2 is 1.26 bits per heavy atom. The van der Waals surface area contributed by atoms with E-state index in [0.717, 1.165) is 25.7 Å². The third-order valence-corrected chi connectivity index (χ3v) is 9.92. The van der Waals surface area contributed by atoms with Gasteiger partial charge in [0.05, 0.1) is 9.92 Å². The van der Waals surface area contributed by atoms with Gasteiger partial charge in [0.15, 0.2) is 0 Å². The van der Waals surface area contributed by atoms with Crippen LogP contribution in [-0.2, 0) is 20.0 Å². The molecule has 2 aliphatic heterocycles. The van der Waals surface area contributed by atoms with Crippen LogP contribution in [0.2, 0.25) is 5.02 Å². The van der Waals surface area contributed by atoms with E-state index >= 15 is 0 Å². The van der Waals surface area contributed by atoms with E-state index in [2.05, 4.69) is 13.8 Å². The van der Waals surface area contributed by atoms with Gasteiger partial charge in [0.2, 0.25) is 20.0 Å². The molecule has 0 spiro atoms. The lowest BCUT2D eigenvalue weighted by Crippen LogP contribution is -2.39. The Bertz CT molecular complexity index is 886. The van der Waals surface area contributed by atoms with Crippen LogP contribution in [0.1, 0.15) is 39.5 Å². The van der Waals surface area contributed by atoms with Crippen LogP contribution in [-0.4, -0.2) is 51.6 Å². The van der Waals surface area contributed by atoms with Crippen molar-refractivity contribution in [3.63, 3.8) is 0 Å². The average Bonchev–Trinajstić information content (AvgIpc) is 2.62. The number of benzene rings is 1. The summed E-state index contributed by atoms with van der Waals surface area (Å²) >= 11 is 6.17. The maximum absolute atomic E-state index is 13.0. The summed E-state index contributed by atoms with van der Waals surface area (Å²) in [5.41, 5.74) is 0. The number of sulfonamides is 2. The molecule has 3 rings (SSSR count). The molecule has 2 saturated heterocycles. The lowest BCUT2D eigenvalue weighted by Gasteiger charge is -2.31. The molecule has 1 aromatic carbocycles. The van der Waals surface area contributed by atoms with Gasteiger partial charge in [0, 0.05) is 26.2 Å². The van der Waals surface area contributed by atoms with Crippen molar-refractivity contribution in [1.29, 1.82) is 0 Å². The first-order chi connectivity index (χ1) is 12.6. The Kier molecular flexibility index (Phi) is 6.23. The molecule has 9 heteroatoms. The maximum Gasteiger partial charge on any atom is 0.244 e. The number of nitrogens with zero attached hydrogens (tertiary/aromatic N) is 2. The van der Waals surface area contributed by atoms with Crippen LogP contribution in [0, 0.1) is 11.8 Å². The molecule has 0 aliphatic carbocycles. The third-order valence-electron chi connectivity index (χ3n) is 5.64. The quantitative estimate of drug-likeness (QED) is 0.729. The van der Waals surface area contributed by atoms with Crippen molar-refractivity contribution in [2.45, 2.75) is 49.3 Å². The van der Waals surface area contributed by atoms with Crippen LogP contribution in [0.3, 0.4) is 0 Å². The molecule has 0 saturated carbocycles. The molecule has 2 aliphatic rings. The van der Waals surface area contributed by atoms with Gasteiger partial charge in [-0.1, -0.05) is 25.4 Å². The van der Waals surface area contributed by atoms with E-state index in [9.17, 15) is 16.8 Å². The first-order valence-corrected chi connectivity index (χ1v) is 12.7. The molecule has 0 atom stereocenters. The Morgan fingerprint density at radius 3 is 1.74 bits per heavy atom. The normalized spacial score (nSPS) is 22.2. The fraction of sp³-hybridized carbons (Fsp3) is 0.667. The Hall–Kier alpha value is -0.670. The van der Waals surface area contributed by atoms with Gasteiger partial charge in [0.25, 0.3) is 0 Å². The number of hydrogen-bond donors (Lipinski definition) is 0. The molecule has 27 heavy (non-hydrogen) atoms. The molecule has 2 heterocycles. The molecular weight excluding hydrogens is 408 g/mol. The van der Waals surface area contributed by atoms with Gasteiger partial charge in [-0.25, -0.2) is 16.8 Å². The monoisotopic (exact) mass is 434 g/mol. The van der Waals surface area contributed by atoms with Gasteiger partial charge in [-0.3, -0.25) is 0 Å². The summed E-state index contributed by atoms with van der Waals surface area (Å²) < 4.78 is 54.9. The van der Waals surface area contributed by atoms with Gasteiger partial charge in [-0.05, 0) is 55.7 Å². The Balaban J connectivity index is 1.92. The second-order valence-corrected chi connectivity index (χ2v) is 12.0. The van der Waals surface area contributed by atoms with Gasteiger partial charge >= 0.3 is 0 Å². The van der Waals surface area contributed by atoms with E-state index in [-0.39, 0.29) is 14.8 Å². The summed E-state index contributed by atoms with van der Waals surface area (Å²) in [6.07, 6.45) is 3.20. The van der Waals surface area contributed by atoms with Gasteiger partial charge in [0.1, 0.15) is 4.90 Å². The van der Waals surface area contributed by atoms with Crippen molar-refractivity contribution >= 4 is 31.6 Å². The predicted molar refractivity (Wildman–Crippen MR) is 106 cm³/mol. The number of piperidine rings is 2. The zero-order chi connectivity index (χ0) is 19.8. The van der Waals surface area contributed by atoms with E-state index < -0.39 is 20.0 Å². The second-order valence-electron chi connectivity index (χ2n) is 7.77. The maximum atomic E-state index is 13.0. The summed E-state index contributed by atoms with van der Waals surface area (Å²) in [6.45, 7) is 5.98. The zero-order valence-electron chi connectivity index (χ0n) is 15.8. The van der Waals surface area contributed by atoms with Crippen LogP contribution < -0.4 is 0 Å². The molecule has 0 N–H and O–H groups in total. The van der Waals surface area contributed by atoms with Crippen molar-refractivity contribution in [3.8, 4) is 0 Å². The molecule has 0 bridgehead atoms. The van der Waals surface area contributed by atoms with Crippen molar-refractivity contribution in [1.82, 2.24) is 8.61 Å². The van der Waals surface area contributed by atoms with Gasteiger partial charge in [-0.15, -0.1) is 0 Å². The summed E-state index contributed by atoms with van der Waals surface area (Å²) in [7, 11) is -7.55.